The minimum atomic E-state index is -0.742. The van der Waals surface area contributed by atoms with Crippen LogP contribution >= 0.6 is 11.3 Å². The lowest BCUT2D eigenvalue weighted by molar-refractivity contribution is 0.0977. The van der Waals surface area contributed by atoms with Gasteiger partial charge in [-0.1, -0.05) is 23.4 Å². The first-order valence-electron chi connectivity index (χ1n) is 9.73. The summed E-state index contributed by atoms with van der Waals surface area (Å²) < 4.78 is 5.20. The maximum atomic E-state index is 13.2. The second-order valence-electron chi connectivity index (χ2n) is 7.02. The first-order chi connectivity index (χ1) is 15.9. The van der Waals surface area contributed by atoms with Crippen molar-refractivity contribution in [2.45, 2.75) is 6.92 Å². The van der Waals surface area contributed by atoms with Crippen molar-refractivity contribution in [3.8, 4) is 34.2 Å². The topological polar surface area (TPSA) is 147 Å². The van der Waals surface area contributed by atoms with E-state index in [-0.39, 0.29) is 11.1 Å². The van der Waals surface area contributed by atoms with Crippen LogP contribution in [0.3, 0.4) is 0 Å². The molecule has 2 aromatic carbocycles. The van der Waals surface area contributed by atoms with Crippen molar-refractivity contribution in [3.05, 3.63) is 70.2 Å². The number of carbonyl (C=O) groups excluding carboxylic acids is 2. The highest BCUT2D eigenvalue weighted by molar-refractivity contribution is 7.17. The molecule has 0 bridgehead atoms. The third-order valence-electron chi connectivity index (χ3n) is 5.04. The number of aromatic amines is 1. The van der Waals surface area contributed by atoms with Gasteiger partial charge in [-0.15, -0.1) is 16.4 Å². The van der Waals surface area contributed by atoms with E-state index in [1.165, 1.54) is 23.5 Å². The predicted molar refractivity (Wildman–Crippen MR) is 124 cm³/mol. The van der Waals surface area contributed by atoms with Crippen LogP contribution in [0.4, 0.5) is 5.00 Å². The number of H-pyrrole nitrogens is 1. The summed E-state index contributed by atoms with van der Waals surface area (Å²) in [4.78, 5) is 26.0. The number of rotatable bonds is 6. The normalized spacial score (nSPS) is 10.5. The Kier molecular flexibility index (Phi) is 5.89. The second-order valence-corrected chi connectivity index (χ2v) is 8.24. The number of nitrogens with one attached hydrogen (secondary N) is 2. The van der Waals surface area contributed by atoms with Crippen molar-refractivity contribution in [1.29, 1.82) is 5.26 Å². The van der Waals surface area contributed by atoms with Gasteiger partial charge in [-0.05, 0) is 36.8 Å². The number of thiophene rings is 1. The Morgan fingerprint density at radius 3 is 2.48 bits per heavy atom. The Labute approximate surface area is 192 Å². The van der Waals surface area contributed by atoms with E-state index in [9.17, 15) is 14.9 Å². The maximum absolute atomic E-state index is 13.2. The molecule has 4 N–H and O–H groups in total. The van der Waals surface area contributed by atoms with E-state index in [1.807, 2.05) is 19.1 Å². The van der Waals surface area contributed by atoms with Crippen molar-refractivity contribution < 1.29 is 14.3 Å². The zero-order valence-electron chi connectivity index (χ0n) is 17.7. The molecule has 9 nitrogen and oxygen atoms in total. The van der Waals surface area contributed by atoms with E-state index < -0.39 is 11.8 Å². The molecule has 0 aliphatic carbocycles. The van der Waals surface area contributed by atoms with Crippen molar-refractivity contribution in [3.63, 3.8) is 0 Å². The van der Waals surface area contributed by atoms with Crippen LogP contribution in [0.25, 0.3) is 22.4 Å². The van der Waals surface area contributed by atoms with Gasteiger partial charge < -0.3 is 15.8 Å². The molecule has 0 saturated heterocycles. The van der Waals surface area contributed by atoms with Gasteiger partial charge in [0.25, 0.3) is 5.91 Å². The van der Waals surface area contributed by atoms with Crippen LogP contribution in [0, 0.1) is 18.3 Å². The molecule has 2 aromatic heterocycles. The number of aromatic nitrogens is 3. The number of anilines is 1. The average molecular weight is 459 g/mol. The zero-order chi connectivity index (χ0) is 23.5. The minimum absolute atomic E-state index is 0.0573. The third-order valence-corrected chi connectivity index (χ3v) is 6.06. The Bertz CT molecular complexity index is 1390. The number of benzene rings is 2. The standard InChI is InChI=1S/C23H18N6O3S/c1-12-20(13-3-6-15(32-2)7-4-13)18(10-24)23(33-12)27-22(31)17-9-14(19-11-26-29-28-19)5-8-16(17)21(25)30/h3-9,11H,1-2H3,(H2,25,30)(H,27,31)(H,26,28,29). The molecule has 0 unspecified atom stereocenters. The summed E-state index contributed by atoms with van der Waals surface area (Å²) in [5.74, 6) is -0.605. The van der Waals surface area contributed by atoms with Crippen LogP contribution in [0.15, 0.2) is 48.7 Å². The fourth-order valence-corrected chi connectivity index (χ4v) is 4.49. The molecule has 4 rings (SSSR count). The van der Waals surface area contributed by atoms with Gasteiger partial charge in [0.15, 0.2) is 0 Å². The molecule has 4 aromatic rings. The number of hydrogen-bond donors (Lipinski definition) is 3. The number of nitriles is 1. The fourth-order valence-electron chi connectivity index (χ4n) is 3.46. The number of ether oxygens (including phenoxy) is 1. The molecule has 0 fully saturated rings. The lowest BCUT2D eigenvalue weighted by atomic mass is 10.0. The van der Waals surface area contributed by atoms with Crippen LogP contribution < -0.4 is 15.8 Å². The largest absolute Gasteiger partial charge is 0.497 e. The van der Waals surface area contributed by atoms with Gasteiger partial charge >= 0.3 is 0 Å². The number of hydrogen-bond acceptors (Lipinski definition) is 7. The van der Waals surface area contributed by atoms with Gasteiger partial charge in [0.05, 0.1) is 23.8 Å². The van der Waals surface area contributed by atoms with Crippen LogP contribution in [-0.2, 0) is 0 Å². The SMILES string of the molecule is COc1ccc(-c2c(C)sc(NC(=O)c3cc(-c4c[nH]nn4)ccc3C(N)=O)c2C#N)cc1. The van der Waals surface area contributed by atoms with Crippen LogP contribution in [-0.4, -0.2) is 34.3 Å². The molecule has 10 heteroatoms. The van der Waals surface area contributed by atoms with Crippen molar-refractivity contribution in [1.82, 2.24) is 15.4 Å². The van der Waals surface area contributed by atoms with E-state index in [4.69, 9.17) is 10.5 Å². The molecule has 0 atom stereocenters. The van der Waals surface area contributed by atoms with Crippen LogP contribution in [0.5, 0.6) is 5.75 Å². The monoisotopic (exact) mass is 458 g/mol. The summed E-state index contributed by atoms with van der Waals surface area (Å²) >= 11 is 1.28. The van der Waals surface area contributed by atoms with Gasteiger partial charge in [-0.2, -0.15) is 5.26 Å². The van der Waals surface area contributed by atoms with Crippen LogP contribution in [0.2, 0.25) is 0 Å². The van der Waals surface area contributed by atoms with Crippen molar-refractivity contribution in [2.75, 3.05) is 12.4 Å². The number of primary amides is 1. The number of amides is 2. The van der Waals surface area contributed by atoms with E-state index >= 15 is 0 Å². The average Bonchev–Trinajstić information content (AvgIpc) is 3.46. The number of nitrogens with two attached hydrogens (primary N) is 1. The molecule has 0 saturated carbocycles. The van der Waals surface area contributed by atoms with Gasteiger partial charge in [0.1, 0.15) is 22.5 Å². The summed E-state index contributed by atoms with van der Waals surface area (Å²) in [5, 5.41) is 23.2. The lowest BCUT2D eigenvalue weighted by Crippen LogP contribution is -2.20. The summed E-state index contributed by atoms with van der Waals surface area (Å²) in [7, 11) is 1.58. The number of aryl methyl sites for hydroxylation is 1. The number of methoxy groups -OCH3 is 1. The summed E-state index contributed by atoms with van der Waals surface area (Å²) in [6.07, 6.45) is 1.57. The molecule has 2 heterocycles. The maximum Gasteiger partial charge on any atom is 0.257 e. The van der Waals surface area contributed by atoms with E-state index in [0.717, 1.165) is 16.0 Å². The van der Waals surface area contributed by atoms with Gasteiger partial charge in [0, 0.05) is 22.2 Å². The Morgan fingerprint density at radius 2 is 1.88 bits per heavy atom. The molecular formula is C23H18N6O3S. The molecule has 33 heavy (non-hydrogen) atoms. The Balaban J connectivity index is 1.73. The van der Waals surface area contributed by atoms with Crippen LogP contribution in [0.1, 0.15) is 31.2 Å². The third kappa shape index (κ3) is 4.17. The van der Waals surface area contributed by atoms with E-state index in [0.29, 0.717) is 27.6 Å². The lowest BCUT2D eigenvalue weighted by Gasteiger charge is -2.09. The van der Waals surface area contributed by atoms with Crippen molar-refractivity contribution in [2.24, 2.45) is 5.73 Å². The molecule has 2 amide bonds. The quantitative estimate of drug-likeness (QED) is 0.401. The molecule has 0 spiro atoms. The Hall–Kier alpha value is -4.49. The predicted octanol–water partition coefficient (Wildman–Crippen LogP) is 3.74. The second kappa shape index (κ2) is 8.94. The molecule has 0 radical (unpaired) electrons. The number of nitrogens with zero attached hydrogens (tertiary/aromatic N) is 3. The smallest absolute Gasteiger partial charge is 0.257 e. The molecule has 0 aliphatic heterocycles. The number of carbonyl (C=O) groups is 2. The first kappa shape index (κ1) is 21.7. The highest BCUT2D eigenvalue weighted by atomic mass is 32.1. The van der Waals surface area contributed by atoms with E-state index in [2.05, 4.69) is 26.8 Å². The summed E-state index contributed by atoms with van der Waals surface area (Å²) in [5.41, 5.74) is 8.60. The van der Waals surface area contributed by atoms with Gasteiger partial charge in [0.2, 0.25) is 5.91 Å². The molecule has 0 aliphatic rings. The van der Waals surface area contributed by atoms with Gasteiger partial charge in [-0.25, -0.2) is 0 Å². The van der Waals surface area contributed by atoms with Gasteiger partial charge in [-0.3, -0.25) is 14.7 Å². The minimum Gasteiger partial charge on any atom is -0.497 e. The summed E-state index contributed by atoms with van der Waals surface area (Å²) in [6, 6.07) is 14.1. The first-order valence-corrected chi connectivity index (χ1v) is 10.5. The van der Waals surface area contributed by atoms with E-state index in [1.54, 1.807) is 31.5 Å². The zero-order valence-corrected chi connectivity index (χ0v) is 18.5. The van der Waals surface area contributed by atoms with Crippen molar-refractivity contribution >= 4 is 28.2 Å². The fraction of sp³-hybridized carbons (Fsp3) is 0.0870. The highest BCUT2D eigenvalue weighted by Gasteiger charge is 2.22. The molecule has 164 valence electrons. The highest BCUT2D eigenvalue weighted by Crippen LogP contribution is 2.40. The Morgan fingerprint density at radius 1 is 1.15 bits per heavy atom. The summed E-state index contributed by atoms with van der Waals surface area (Å²) in [6.45, 7) is 1.88. The molecular weight excluding hydrogens is 440 g/mol.